The van der Waals surface area contributed by atoms with Gasteiger partial charge in [0.2, 0.25) is 0 Å². The minimum atomic E-state index is 0. The summed E-state index contributed by atoms with van der Waals surface area (Å²) in [4.78, 5) is 0. The molecule has 0 saturated carbocycles. The molecule has 0 fully saturated rings. The fourth-order valence-corrected chi connectivity index (χ4v) is 1.23. The van der Waals surface area contributed by atoms with Gasteiger partial charge in [-0.05, 0) is 0 Å². The summed E-state index contributed by atoms with van der Waals surface area (Å²) in [5, 5.41) is 16.7. The summed E-state index contributed by atoms with van der Waals surface area (Å²) in [6.07, 6.45) is 0. The predicted octanol–water partition coefficient (Wildman–Crippen LogP) is -4.44. The van der Waals surface area contributed by atoms with Crippen molar-refractivity contribution < 1.29 is 70.7 Å². The van der Waals surface area contributed by atoms with Gasteiger partial charge in [-0.15, -0.1) is 24.3 Å². The first-order valence-electron chi connectivity index (χ1n) is 5.77. The van der Waals surface area contributed by atoms with Gasteiger partial charge in [0.1, 0.15) is 0 Å². The van der Waals surface area contributed by atoms with Crippen LogP contribution in [0.25, 0.3) is 0 Å². The van der Waals surface area contributed by atoms with E-state index < -0.39 is 0 Å². The molecular weight excluding hydrogens is 394 g/mol. The number of aliphatic hydroxyl groups is 2. The standard InChI is InChI=1S/2C7H9O2.2ClH.Zr/c2*8-5-6-9-7-3-1-2-4-7;;;/h2*1-4,8H,5-6H2;2*1H;/q2*-1;;;+4/p-2. The van der Waals surface area contributed by atoms with Gasteiger partial charge in [0.15, 0.2) is 0 Å². The molecule has 2 N–H and O–H groups in total. The quantitative estimate of drug-likeness (QED) is 0.471. The van der Waals surface area contributed by atoms with Crippen molar-refractivity contribution in [2.45, 2.75) is 0 Å². The van der Waals surface area contributed by atoms with E-state index in [1.807, 2.05) is 48.5 Å². The van der Waals surface area contributed by atoms with E-state index >= 15 is 0 Å². The van der Waals surface area contributed by atoms with Gasteiger partial charge in [-0.1, -0.05) is 0 Å². The molecule has 0 aromatic heterocycles. The Morgan fingerprint density at radius 2 is 0.952 bits per heavy atom. The van der Waals surface area contributed by atoms with Crippen LogP contribution >= 0.6 is 0 Å². The molecular formula is C14H18Cl2O4Zr. The second-order valence-electron chi connectivity index (χ2n) is 3.39. The number of hydrogen-bond donors (Lipinski definition) is 2. The molecule has 0 unspecified atom stereocenters. The molecule has 0 bridgehead atoms. The van der Waals surface area contributed by atoms with Crippen molar-refractivity contribution in [2.24, 2.45) is 0 Å². The van der Waals surface area contributed by atoms with E-state index in [1.165, 1.54) is 0 Å². The second-order valence-corrected chi connectivity index (χ2v) is 3.39. The minimum absolute atomic E-state index is 0. The van der Waals surface area contributed by atoms with Gasteiger partial charge < -0.3 is 44.5 Å². The Kier molecular flexibility index (Phi) is 21.6. The van der Waals surface area contributed by atoms with Gasteiger partial charge in [0.25, 0.3) is 0 Å². The summed E-state index contributed by atoms with van der Waals surface area (Å²) in [7, 11) is 0. The summed E-state index contributed by atoms with van der Waals surface area (Å²) < 4.78 is 10.1. The van der Waals surface area contributed by atoms with E-state index in [1.54, 1.807) is 0 Å². The van der Waals surface area contributed by atoms with E-state index in [0.29, 0.717) is 13.2 Å². The predicted molar refractivity (Wildman–Crippen MR) is 69.2 cm³/mol. The number of aliphatic hydroxyl groups excluding tert-OH is 2. The summed E-state index contributed by atoms with van der Waals surface area (Å²) in [6, 6.07) is 15.0. The number of halogens is 2. The van der Waals surface area contributed by atoms with Gasteiger partial charge in [-0.2, -0.15) is 0 Å². The van der Waals surface area contributed by atoms with E-state index in [4.69, 9.17) is 19.7 Å². The molecule has 4 nitrogen and oxygen atoms in total. The SMILES string of the molecule is OCCO[c-]1cccc1.OCCO[c-]1cccc1.[Cl-].[Cl-].[Zr+4]. The van der Waals surface area contributed by atoms with Crippen LogP contribution in [-0.2, 0) is 26.2 Å². The van der Waals surface area contributed by atoms with Crippen LogP contribution < -0.4 is 34.3 Å². The van der Waals surface area contributed by atoms with Crippen molar-refractivity contribution in [3.63, 3.8) is 0 Å². The second kappa shape index (κ2) is 17.7. The molecule has 2 aromatic carbocycles. The van der Waals surface area contributed by atoms with Crippen molar-refractivity contribution in [3.8, 4) is 11.5 Å². The van der Waals surface area contributed by atoms with Crippen molar-refractivity contribution in [3.05, 3.63) is 48.5 Å². The first kappa shape index (κ1) is 25.6. The molecule has 0 aliphatic carbocycles. The van der Waals surface area contributed by atoms with Crippen molar-refractivity contribution >= 4 is 0 Å². The van der Waals surface area contributed by atoms with E-state index in [-0.39, 0.29) is 64.2 Å². The molecule has 0 aliphatic rings. The Bertz CT molecular complexity index is 341. The first-order chi connectivity index (χ1) is 8.86. The normalized spacial score (nSPS) is 8.10. The average Bonchev–Trinajstić information content (AvgIpc) is 3.07. The van der Waals surface area contributed by atoms with Crippen molar-refractivity contribution in [1.29, 1.82) is 0 Å². The van der Waals surface area contributed by atoms with Crippen LogP contribution in [0.15, 0.2) is 48.5 Å². The van der Waals surface area contributed by atoms with Crippen LogP contribution in [-0.4, -0.2) is 36.6 Å². The van der Waals surface area contributed by atoms with Crippen LogP contribution in [0.2, 0.25) is 0 Å². The molecule has 0 aliphatic heterocycles. The smallest absolute Gasteiger partial charge is 1.00 e. The van der Waals surface area contributed by atoms with Crippen molar-refractivity contribution in [1.82, 2.24) is 0 Å². The molecule has 0 radical (unpaired) electrons. The third-order valence-corrected chi connectivity index (χ3v) is 1.98. The molecule has 0 amide bonds. The molecule has 21 heavy (non-hydrogen) atoms. The fraction of sp³-hybridized carbons (Fsp3) is 0.286. The van der Waals surface area contributed by atoms with Gasteiger partial charge >= 0.3 is 26.2 Å². The summed E-state index contributed by atoms with van der Waals surface area (Å²) in [5.74, 6) is 1.65. The number of hydrogen-bond acceptors (Lipinski definition) is 4. The minimum Gasteiger partial charge on any atom is -1.00 e. The zero-order chi connectivity index (χ0) is 13.1. The molecule has 0 saturated heterocycles. The topological polar surface area (TPSA) is 58.9 Å². The Hall–Kier alpha value is -0.317. The summed E-state index contributed by atoms with van der Waals surface area (Å²) in [6.45, 7) is 0.907. The van der Waals surface area contributed by atoms with Gasteiger partial charge in [-0.3, -0.25) is 0 Å². The van der Waals surface area contributed by atoms with Crippen molar-refractivity contribution in [2.75, 3.05) is 26.4 Å². The molecule has 7 heteroatoms. The van der Waals surface area contributed by atoms with E-state index in [9.17, 15) is 0 Å². The molecule has 2 aromatic rings. The zero-order valence-corrected chi connectivity index (χ0v) is 15.4. The van der Waals surface area contributed by atoms with Gasteiger partial charge in [0, 0.05) is 11.5 Å². The van der Waals surface area contributed by atoms with Crippen LogP contribution in [0.4, 0.5) is 0 Å². The monoisotopic (exact) mass is 410 g/mol. The maximum absolute atomic E-state index is 8.34. The Morgan fingerprint density at radius 3 is 1.19 bits per heavy atom. The van der Waals surface area contributed by atoms with Crippen LogP contribution in [0.5, 0.6) is 11.5 Å². The molecule has 116 valence electrons. The summed E-state index contributed by atoms with van der Waals surface area (Å²) >= 11 is 0. The molecule has 0 spiro atoms. The number of ether oxygens (including phenoxy) is 2. The van der Waals surface area contributed by atoms with Gasteiger partial charge in [0.05, 0.1) is 26.4 Å². The third kappa shape index (κ3) is 13.1. The van der Waals surface area contributed by atoms with Crippen LogP contribution in [0, 0.1) is 0 Å². The maximum Gasteiger partial charge on any atom is 4.00 e. The third-order valence-electron chi connectivity index (χ3n) is 1.98. The molecule has 0 heterocycles. The Morgan fingerprint density at radius 1 is 0.667 bits per heavy atom. The first-order valence-corrected chi connectivity index (χ1v) is 5.77. The zero-order valence-electron chi connectivity index (χ0n) is 11.4. The molecule has 2 rings (SSSR count). The van der Waals surface area contributed by atoms with Gasteiger partial charge in [-0.25, -0.2) is 24.3 Å². The average molecular weight is 412 g/mol. The largest absolute Gasteiger partial charge is 4.00 e. The molecule has 0 atom stereocenters. The Labute approximate surface area is 156 Å². The van der Waals surface area contributed by atoms with Crippen LogP contribution in [0.3, 0.4) is 0 Å². The Balaban J connectivity index is -0.000000270. The number of rotatable bonds is 6. The van der Waals surface area contributed by atoms with E-state index in [0.717, 1.165) is 11.5 Å². The summed E-state index contributed by atoms with van der Waals surface area (Å²) in [5.41, 5.74) is 0. The van der Waals surface area contributed by atoms with E-state index in [2.05, 4.69) is 0 Å². The van der Waals surface area contributed by atoms with Crippen LogP contribution in [0.1, 0.15) is 0 Å². The fourth-order valence-electron chi connectivity index (χ4n) is 1.23. The maximum atomic E-state index is 8.34.